The van der Waals surface area contributed by atoms with E-state index in [9.17, 15) is 14.4 Å². The van der Waals surface area contributed by atoms with Gasteiger partial charge >= 0.3 is 18.0 Å². The van der Waals surface area contributed by atoms with Crippen LogP contribution in [0.15, 0.2) is 0 Å². The van der Waals surface area contributed by atoms with Gasteiger partial charge in [-0.1, -0.05) is 0 Å². The number of ether oxygens (including phenoxy) is 1. The normalized spacial score (nSPS) is 19.3. The molecule has 0 spiro atoms. The Balaban J connectivity index is 2.40. The number of carboxylic acid groups (broad SMARTS) is 1. The summed E-state index contributed by atoms with van der Waals surface area (Å²) in [7, 11) is 1.11. The van der Waals surface area contributed by atoms with E-state index in [0.29, 0.717) is 13.0 Å². The summed E-state index contributed by atoms with van der Waals surface area (Å²) < 4.78 is 4.22. The number of rotatable bonds is 2. The molecule has 1 heterocycles. The number of methoxy groups -OCH3 is 1. The van der Waals surface area contributed by atoms with Gasteiger partial charge in [0.2, 0.25) is 0 Å². The number of esters is 1. The van der Waals surface area contributed by atoms with Crippen molar-refractivity contribution in [1.82, 2.24) is 10.2 Å². The predicted molar refractivity (Wildman–Crippen MR) is 52.8 cm³/mol. The molecule has 7 heteroatoms. The number of amides is 2. The highest BCUT2D eigenvalue weighted by molar-refractivity contribution is 6.32. The lowest BCUT2D eigenvalue weighted by Gasteiger charge is -2.21. The molecule has 0 radical (unpaired) electrons. The summed E-state index contributed by atoms with van der Waals surface area (Å²) in [4.78, 5) is 33.9. The molecule has 2 N–H and O–H groups in total. The van der Waals surface area contributed by atoms with Crippen LogP contribution < -0.4 is 5.32 Å². The maximum atomic E-state index is 11.1. The Morgan fingerprint density at radius 3 is 2.75 bits per heavy atom. The Kier molecular flexibility index (Phi) is 4.10. The van der Waals surface area contributed by atoms with E-state index in [4.69, 9.17) is 5.11 Å². The molecule has 0 aromatic rings. The first-order chi connectivity index (χ1) is 7.56. The van der Waals surface area contributed by atoms with Gasteiger partial charge in [0.05, 0.1) is 13.2 Å². The lowest BCUT2D eigenvalue weighted by Crippen LogP contribution is -2.44. The second kappa shape index (κ2) is 5.34. The predicted octanol–water partition coefficient (Wildman–Crippen LogP) is -0.582. The standard InChI is InChI=1S/C9H14N2O5/c1-16-8(13)7(12)10-5-6-3-2-4-11(6)9(14)15/h6H,2-5H2,1H3,(H,10,12)(H,14,15). The Labute approximate surface area is 92.4 Å². The molecule has 0 saturated carbocycles. The van der Waals surface area contributed by atoms with E-state index in [1.54, 1.807) is 0 Å². The fourth-order valence-electron chi connectivity index (χ4n) is 1.68. The summed E-state index contributed by atoms with van der Waals surface area (Å²) >= 11 is 0. The number of hydrogen-bond acceptors (Lipinski definition) is 4. The van der Waals surface area contributed by atoms with Gasteiger partial charge in [-0.2, -0.15) is 0 Å². The Morgan fingerprint density at radius 1 is 1.50 bits per heavy atom. The molecule has 1 fully saturated rings. The van der Waals surface area contributed by atoms with Gasteiger partial charge in [-0.05, 0) is 12.8 Å². The van der Waals surface area contributed by atoms with Crippen LogP contribution in [-0.4, -0.2) is 54.2 Å². The van der Waals surface area contributed by atoms with Crippen LogP contribution >= 0.6 is 0 Å². The van der Waals surface area contributed by atoms with E-state index in [0.717, 1.165) is 13.5 Å². The minimum absolute atomic E-state index is 0.139. The first kappa shape index (κ1) is 12.3. The van der Waals surface area contributed by atoms with Crippen LogP contribution in [0.3, 0.4) is 0 Å². The van der Waals surface area contributed by atoms with Crippen molar-refractivity contribution < 1.29 is 24.2 Å². The first-order valence-corrected chi connectivity index (χ1v) is 4.92. The van der Waals surface area contributed by atoms with Gasteiger partial charge < -0.3 is 20.1 Å². The zero-order chi connectivity index (χ0) is 12.1. The average Bonchev–Trinajstić information content (AvgIpc) is 2.72. The number of likely N-dealkylation sites (tertiary alicyclic amines) is 1. The number of hydrogen-bond donors (Lipinski definition) is 2. The summed E-state index contributed by atoms with van der Waals surface area (Å²) in [6.45, 7) is 0.605. The highest BCUT2D eigenvalue weighted by Crippen LogP contribution is 2.16. The molecule has 1 atom stereocenters. The quantitative estimate of drug-likeness (QED) is 0.488. The van der Waals surface area contributed by atoms with Crippen molar-refractivity contribution in [3.05, 3.63) is 0 Å². The van der Waals surface area contributed by atoms with Crippen LogP contribution in [0.1, 0.15) is 12.8 Å². The second-order valence-electron chi connectivity index (χ2n) is 3.47. The zero-order valence-corrected chi connectivity index (χ0v) is 8.93. The van der Waals surface area contributed by atoms with Crippen molar-refractivity contribution in [3.8, 4) is 0 Å². The SMILES string of the molecule is COC(=O)C(=O)NCC1CCCN1C(=O)O. The molecule has 1 saturated heterocycles. The number of carbonyl (C=O) groups excluding carboxylic acids is 2. The van der Waals surface area contributed by atoms with Gasteiger partial charge in [0.1, 0.15) is 0 Å². The number of carbonyl (C=O) groups is 3. The largest absolute Gasteiger partial charge is 0.465 e. The molecule has 90 valence electrons. The molecule has 0 aliphatic carbocycles. The molecule has 2 amide bonds. The van der Waals surface area contributed by atoms with Crippen molar-refractivity contribution in [1.29, 1.82) is 0 Å². The second-order valence-corrected chi connectivity index (χ2v) is 3.47. The summed E-state index contributed by atoms with van der Waals surface area (Å²) in [6.07, 6.45) is 0.452. The van der Waals surface area contributed by atoms with Gasteiger partial charge in [0.25, 0.3) is 0 Å². The van der Waals surface area contributed by atoms with Crippen molar-refractivity contribution >= 4 is 18.0 Å². The maximum Gasteiger partial charge on any atom is 0.407 e. The average molecular weight is 230 g/mol. The molecule has 1 aliphatic heterocycles. The third kappa shape index (κ3) is 2.85. The lowest BCUT2D eigenvalue weighted by molar-refractivity contribution is -0.152. The smallest absolute Gasteiger partial charge is 0.407 e. The van der Waals surface area contributed by atoms with Gasteiger partial charge in [0.15, 0.2) is 0 Å². The fraction of sp³-hybridized carbons (Fsp3) is 0.667. The van der Waals surface area contributed by atoms with Crippen molar-refractivity contribution in [2.24, 2.45) is 0 Å². The molecular weight excluding hydrogens is 216 g/mol. The van der Waals surface area contributed by atoms with E-state index in [1.165, 1.54) is 4.90 Å². The third-order valence-corrected chi connectivity index (χ3v) is 2.49. The van der Waals surface area contributed by atoms with E-state index in [1.807, 2.05) is 0 Å². The molecule has 16 heavy (non-hydrogen) atoms. The van der Waals surface area contributed by atoms with Crippen molar-refractivity contribution in [2.75, 3.05) is 20.2 Å². The summed E-state index contributed by atoms with van der Waals surface area (Å²) in [6, 6.07) is -0.258. The highest BCUT2D eigenvalue weighted by atomic mass is 16.5. The molecule has 1 unspecified atom stereocenters. The van der Waals surface area contributed by atoms with Crippen LogP contribution in [0.25, 0.3) is 0 Å². The topological polar surface area (TPSA) is 95.9 Å². The molecule has 1 aliphatic rings. The monoisotopic (exact) mass is 230 g/mol. The minimum Gasteiger partial charge on any atom is -0.465 e. The van der Waals surface area contributed by atoms with E-state index in [-0.39, 0.29) is 12.6 Å². The van der Waals surface area contributed by atoms with Crippen LogP contribution in [0.5, 0.6) is 0 Å². The zero-order valence-electron chi connectivity index (χ0n) is 8.93. The van der Waals surface area contributed by atoms with Crippen molar-refractivity contribution in [2.45, 2.75) is 18.9 Å². The molecule has 0 aromatic carbocycles. The van der Waals surface area contributed by atoms with Crippen LogP contribution in [-0.2, 0) is 14.3 Å². The fourth-order valence-corrected chi connectivity index (χ4v) is 1.68. The van der Waals surface area contributed by atoms with Crippen LogP contribution in [0.4, 0.5) is 4.79 Å². The van der Waals surface area contributed by atoms with Crippen LogP contribution in [0, 0.1) is 0 Å². The van der Waals surface area contributed by atoms with E-state index < -0.39 is 18.0 Å². The third-order valence-electron chi connectivity index (χ3n) is 2.49. The Hall–Kier alpha value is -1.79. The summed E-state index contributed by atoms with van der Waals surface area (Å²) in [5.41, 5.74) is 0. The van der Waals surface area contributed by atoms with Gasteiger partial charge in [-0.3, -0.25) is 4.79 Å². The first-order valence-electron chi connectivity index (χ1n) is 4.92. The highest BCUT2D eigenvalue weighted by Gasteiger charge is 2.29. The maximum absolute atomic E-state index is 11.1. The van der Waals surface area contributed by atoms with Gasteiger partial charge in [0, 0.05) is 13.1 Å². The summed E-state index contributed by atoms with van der Waals surface area (Å²) in [5.74, 6) is -1.82. The molecule has 0 bridgehead atoms. The van der Waals surface area contributed by atoms with Crippen molar-refractivity contribution in [3.63, 3.8) is 0 Å². The molecule has 0 aromatic heterocycles. The minimum atomic E-state index is -1.00. The Morgan fingerprint density at radius 2 is 2.19 bits per heavy atom. The molecule has 1 rings (SSSR count). The Bertz CT molecular complexity index is 304. The van der Waals surface area contributed by atoms with Crippen LogP contribution in [0.2, 0.25) is 0 Å². The number of nitrogens with one attached hydrogen (secondary N) is 1. The van der Waals surface area contributed by atoms with E-state index >= 15 is 0 Å². The van der Waals surface area contributed by atoms with Gasteiger partial charge in [-0.15, -0.1) is 0 Å². The summed E-state index contributed by atoms with van der Waals surface area (Å²) in [5, 5.41) is 11.2. The van der Waals surface area contributed by atoms with E-state index in [2.05, 4.69) is 10.1 Å². The van der Waals surface area contributed by atoms with Gasteiger partial charge in [-0.25, -0.2) is 9.59 Å². The lowest BCUT2D eigenvalue weighted by atomic mass is 10.2. The number of nitrogens with zero attached hydrogens (tertiary/aromatic N) is 1. The molecule has 7 nitrogen and oxygen atoms in total. The molecular formula is C9H14N2O5.